The first kappa shape index (κ1) is 21.2. The fourth-order valence-corrected chi connectivity index (χ4v) is 4.79. The lowest BCUT2D eigenvalue weighted by molar-refractivity contribution is 0.0934. The predicted octanol–water partition coefficient (Wildman–Crippen LogP) is 4.50. The van der Waals surface area contributed by atoms with Crippen molar-refractivity contribution in [2.45, 2.75) is 37.2 Å². The number of carbonyl (C=O) groups is 1. The number of nitrogens with one attached hydrogen (secondary N) is 2. The third-order valence-electron chi connectivity index (χ3n) is 4.51. The predicted molar refractivity (Wildman–Crippen MR) is 116 cm³/mol. The molecule has 1 heterocycles. The van der Waals surface area contributed by atoms with Gasteiger partial charge in [-0.1, -0.05) is 55.8 Å². The SMILES string of the molecule is CCCC(NC(=O)c1cccc(S(=O)(=O)NCc2cccs2)c1)c1ccccc1. The van der Waals surface area contributed by atoms with Crippen LogP contribution in [0.3, 0.4) is 0 Å². The average molecular weight is 429 g/mol. The van der Waals surface area contributed by atoms with Crippen molar-refractivity contribution in [2.24, 2.45) is 0 Å². The molecule has 0 aliphatic carbocycles. The largest absolute Gasteiger partial charge is 0.345 e. The zero-order chi connectivity index (χ0) is 20.7. The smallest absolute Gasteiger partial charge is 0.251 e. The van der Waals surface area contributed by atoms with E-state index in [4.69, 9.17) is 0 Å². The van der Waals surface area contributed by atoms with Crippen molar-refractivity contribution in [3.8, 4) is 0 Å². The summed E-state index contributed by atoms with van der Waals surface area (Å²) in [6.45, 7) is 2.29. The second-order valence-corrected chi connectivity index (χ2v) is 9.46. The Kier molecular flexibility index (Phi) is 7.19. The van der Waals surface area contributed by atoms with Gasteiger partial charge < -0.3 is 5.32 Å². The van der Waals surface area contributed by atoms with Crippen LogP contribution in [0.4, 0.5) is 0 Å². The first-order valence-electron chi connectivity index (χ1n) is 9.47. The van der Waals surface area contributed by atoms with Crippen LogP contribution in [-0.4, -0.2) is 14.3 Å². The summed E-state index contributed by atoms with van der Waals surface area (Å²) in [4.78, 5) is 13.8. The van der Waals surface area contributed by atoms with Crippen molar-refractivity contribution in [3.05, 3.63) is 88.1 Å². The highest BCUT2D eigenvalue weighted by Gasteiger charge is 2.19. The van der Waals surface area contributed by atoms with Crippen LogP contribution < -0.4 is 10.0 Å². The summed E-state index contributed by atoms with van der Waals surface area (Å²) in [5, 5.41) is 4.93. The molecule has 0 bridgehead atoms. The van der Waals surface area contributed by atoms with Gasteiger partial charge in [-0.3, -0.25) is 4.79 Å². The molecule has 0 saturated heterocycles. The summed E-state index contributed by atoms with van der Waals surface area (Å²) >= 11 is 1.49. The van der Waals surface area contributed by atoms with Gasteiger partial charge in [0.2, 0.25) is 10.0 Å². The van der Waals surface area contributed by atoms with Crippen LogP contribution in [0.1, 0.15) is 46.6 Å². The highest BCUT2D eigenvalue weighted by molar-refractivity contribution is 7.89. The average Bonchev–Trinajstić information content (AvgIpc) is 3.26. The zero-order valence-corrected chi connectivity index (χ0v) is 17.8. The molecule has 0 fully saturated rings. The molecule has 1 atom stereocenters. The van der Waals surface area contributed by atoms with Crippen LogP contribution in [0, 0.1) is 0 Å². The van der Waals surface area contributed by atoms with E-state index >= 15 is 0 Å². The summed E-state index contributed by atoms with van der Waals surface area (Å²) in [7, 11) is -3.71. The summed E-state index contributed by atoms with van der Waals surface area (Å²) in [5.74, 6) is -0.289. The number of hydrogen-bond donors (Lipinski definition) is 2. The molecule has 2 N–H and O–H groups in total. The Labute approximate surface area is 175 Å². The minimum Gasteiger partial charge on any atom is -0.345 e. The highest BCUT2D eigenvalue weighted by atomic mass is 32.2. The molecule has 7 heteroatoms. The normalized spacial score (nSPS) is 12.4. The van der Waals surface area contributed by atoms with E-state index in [-0.39, 0.29) is 23.4 Å². The second-order valence-electron chi connectivity index (χ2n) is 6.66. The molecule has 152 valence electrons. The lowest BCUT2D eigenvalue weighted by Gasteiger charge is -2.19. The van der Waals surface area contributed by atoms with E-state index in [1.807, 2.05) is 47.8 Å². The van der Waals surface area contributed by atoms with Crippen LogP contribution in [-0.2, 0) is 16.6 Å². The Hall–Kier alpha value is -2.48. The maximum absolute atomic E-state index is 12.8. The lowest BCUT2D eigenvalue weighted by atomic mass is 10.0. The molecular weight excluding hydrogens is 404 g/mol. The van der Waals surface area contributed by atoms with Gasteiger partial charge in [-0.05, 0) is 41.6 Å². The molecule has 3 aromatic rings. The third-order valence-corrected chi connectivity index (χ3v) is 6.78. The molecule has 1 aromatic heterocycles. The van der Waals surface area contributed by atoms with E-state index in [1.54, 1.807) is 12.1 Å². The molecule has 0 saturated carbocycles. The van der Waals surface area contributed by atoms with Gasteiger partial charge in [0.15, 0.2) is 0 Å². The van der Waals surface area contributed by atoms with E-state index in [9.17, 15) is 13.2 Å². The van der Waals surface area contributed by atoms with Gasteiger partial charge in [0.05, 0.1) is 10.9 Å². The van der Waals surface area contributed by atoms with Crippen LogP contribution >= 0.6 is 11.3 Å². The van der Waals surface area contributed by atoms with Gasteiger partial charge >= 0.3 is 0 Å². The van der Waals surface area contributed by atoms with Crippen LogP contribution in [0.2, 0.25) is 0 Å². The Morgan fingerprint density at radius 3 is 2.52 bits per heavy atom. The van der Waals surface area contributed by atoms with Crippen LogP contribution in [0.15, 0.2) is 77.0 Å². The first-order valence-corrected chi connectivity index (χ1v) is 11.8. The zero-order valence-electron chi connectivity index (χ0n) is 16.2. The van der Waals surface area contributed by atoms with Gasteiger partial charge in [0, 0.05) is 17.0 Å². The topological polar surface area (TPSA) is 75.3 Å². The fraction of sp³-hybridized carbons (Fsp3) is 0.227. The number of sulfonamides is 1. The molecule has 0 aliphatic rings. The summed E-state index contributed by atoms with van der Waals surface area (Å²) in [6.07, 6.45) is 1.72. The summed E-state index contributed by atoms with van der Waals surface area (Å²) in [5.41, 5.74) is 1.35. The Morgan fingerprint density at radius 1 is 1.03 bits per heavy atom. The minimum absolute atomic E-state index is 0.0773. The van der Waals surface area contributed by atoms with Crippen molar-refractivity contribution >= 4 is 27.3 Å². The molecule has 1 amide bonds. The highest BCUT2D eigenvalue weighted by Crippen LogP contribution is 2.20. The number of benzene rings is 2. The van der Waals surface area contributed by atoms with Crippen molar-refractivity contribution in [1.29, 1.82) is 0 Å². The Balaban J connectivity index is 1.74. The van der Waals surface area contributed by atoms with E-state index in [2.05, 4.69) is 17.0 Å². The summed E-state index contributed by atoms with van der Waals surface area (Å²) in [6, 6.07) is 19.5. The van der Waals surface area contributed by atoms with Crippen molar-refractivity contribution in [1.82, 2.24) is 10.0 Å². The summed E-state index contributed by atoms with van der Waals surface area (Å²) < 4.78 is 27.8. The number of amides is 1. The molecule has 0 aliphatic heterocycles. The molecule has 3 rings (SSSR count). The molecule has 1 unspecified atom stereocenters. The fourth-order valence-electron chi connectivity index (χ4n) is 3.00. The first-order chi connectivity index (χ1) is 14.0. The van der Waals surface area contributed by atoms with Crippen molar-refractivity contribution < 1.29 is 13.2 Å². The van der Waals surface area contributed by atoms with E-state index in [1.165, 1.54) is 23.5 Å². The number of rotatable bonds is 9. The van der Waals surface area contributed by atoms with Crippen molar-refractivity contribution in [3.63, 3.8) is 0 Å². The molecular formula is C22H24N2O3S2. The monoisotopic (exact) mass is 428 g/mol. The Morgan fingerprint density at radius 2 is 1.83 bits per heavy atom. The van der Waals surface area contributed by atoms with E-state index in [0.29, 0.717) is 5.56 Å². The Bertz CT molecular complexity index is 1030. The van der Waals surface area contributed by atoms with E-state index < -0.39 is 10.0 Å². The quantitative estimate of drug-likeness (QED) is 0.527. The standard InChI is InChI=1S/C22H24N2O3S2/c1-2-8-21(17-9-4-3-5-10-17)24-22(25)18-11-6-13-20(15-18)29(26,27)23-16-19-12-7-14-28-19/h3-7,9-15,21,23H,2,8,16H2,1H3,(H,24,25). The lowest BCUT2D eigenvalue weighted by Crippen LogP contribution is -2.29. The van der Waals surface area contributed by atoms with Gasteiger partial charge in [0.25, 0.3) is 5.91 Å². The second kappa shape index (κ2) is 9.82. The van der Waals surface area contributed by atoms with Gasteiger partial charge in [-0.2, -0.15) is 0 Å². The maximum atomic E-state index is 12.8. The van der Waals surface area contributed by atoms with Gasteiger partial charge in [-0.25, -0.2) is 13.1 Å². The number of carbonyl (C=O) groups excluding carboxylic acids is 1. The minimum atomic E-state index is -3.71. The number of thiophene rings is 1. The van der Waals surface area contributed by atoms with Gasteiger partial charge in [0.1, 0.15) is 0 Å². The maximum Gasteiger partial charge on any atom is 0.251 e. The third kappa shape index (κ3) is 5.76. The van der Waals surface area contributed by atoms with Gasteiger partial charge in [-0.15, -0.1) is 11.3 Å². The van der Waals surface area contributed by atoms with Crippen LogP contribution in [0.25, 0.3) is 0 Å². The number of hydrogen-bond acceptors (Lipinski definition) is 4. The molecule has 0 spiro atoms. The molecule has 0 radical (unpaired) electrons. The van der Waals surface area contributed by atoms with E-state index in [0.717, 1.165) is 23.3 Å². The molecule has 5 nitrogen and oxygen atoms in total. The molecule has 2 aromatic carbocycles. The van der Waals surface area contributed by atoms with Crippen molar-refractivity contribution in [2.75, 3.05) is 0 Å². The van der Waals surface area contributed by atoms with Crippen LogP contribution in [0.5, 0.6) is 0 Å². The molecule has 29 heavy (non-hydrogen) atoms.